The zero-order valence-corrected chi connectivity index (χ0v) is 24.6. The van der Waals surface area contributed by atoms with Gasteiger partial charge in [-0.1, -0.05) is 53.2 Å². The fraction of sp³-hybridized carbons (Fsp3) is 0.333. The Morgan fingerprint density at radius 1 is 1.06 bits per heavy atom. The minimum Gasteiger partial charge on any atom is -0.324 e. The topological polar surface area (TPSA) is 47.1 Å². The molecule has 190 valence electrons. The zero-order valence-electron chi connectivity index (χ0n) is 20.7. The van der Waals surface area contributed by atoms with Crippen molar-refractivity contribution >= 4 is 60.0 Å². The molecule has 0 spiro atoms. The highest BCUT2D eigenvalue weighted by Gasteiger charge is 2.38. The molecule has 1 aromatic heterocycles. The molecule has 9 heteroatoms. The van der Waals surface area contributed by atoms with Gasteiger partial charge in [0.25, 0.3) is 11.8 Å². The van der Waals surface area contributed by atoms with Gasteiger partial charge in [-0.2, -0.15) is 0 Å². The van der Waals surface area contributed by atoms with Crippen molar-refractivity contribution in [2.45, 2.75) is 26.1 Å². The standard InChI is InChI=1S/C27H30Br2N4O2S/c1-4-24(32(15-14-30(2)3)25(34)20-10-12-21(28)13-11-20)33-18-31(17-19-8-6-5-7-9-19)26(35)22-16-23(29)36-27(22)33/h5-13,16,24H,4,14-15,17-18H2,1-3H3. The maximum Gasteiger partial charge on any atom is 0.258 e. The fourth-order valence-corrected chi connectivity index (χ4v) is 6.29. The highest BCUT2D eigenvalue weighted by atomic mass is 79.9. The molecule has 1 aliphatic rings. The van der Waals surface area contributed by atoms with Crippen molar-refractivity contribution in [1.29, 1.82) is 0 Å². The van der Waals surface area contributed by atoms with Crippen LogP contribution in [0.5, 0.6) is 0 Å². The third kappa shape index (κ3) is 6.02. The molecular formula is C27H30Br2N4O2S. The van der Waals surface area contributed by atoms with Gasteiger partial charge >= 0.3 is 0 Å². The molecule has 0 bridgehead atoms. The molecule has 0 fully saturated rings. The highest BCUT2D eigenvalue weighted by Crippen LogP contribution is 2.41. The molecule has 0 saturated heterocycles. The van der Waals surface area contributed by atoms with Gasteiger partial charge in [0, 0.05) is 29.7 Å². The van der Waals surface area contributed by atoms with E-state index in [-0.39, 0.29) is 18.0 Å². The first kappa shape index (κ1) is 26.9. The van der Waals surface area contributed by atoms with Crippen LogP contribution in [0.3, 0.4) is 0 Å². The number of likely N-dealkylation sites (N-methyl/N-ethyl adjacent to an activating group) is 1. The van der Waals surface area contributed by atoms with E-state index >= 15 is 0 Å². The lowest BCUT2D eigenvalue weighted by Gasteiger charge is -2.45. The van der Waals surface area contributed by atoms with Gasteiger partial charge in [0.15, 0.2) is 0 Å². The minimum absolute atomic E-state index is 0.0140. The molecule has 1 unspecified atom stereocenters. The second-order valence-corrected chi connectivity index (χ2v) is 12.4. The van der Waals surface area contributed by atoms with Crippen molar-refractivity contribution < 1.29 is 9.59 Å². The van der Waals surface area contributed by atoms with E-state index in [1.165, 1.54) is 0 Å². The van der Waals surface area contributed by atoms with Crippen molar-refractivity contribution in [2.75, 3.05) is 38.8 Å². The summed E-state index contributed by atoms with van der Waals surface area (Å²) < 4.78 is 1.84. The SMILES string of the molecule is CCC(N(CCN(C)C)C(=O)c1ccc(Br)cc1)N1CN(Cc2ccccc2)C(=O)c2cc(Br)sc21. The van der Waals surface area contributed by atoms with Crippen LogP contribution in [0.25, 0.3) is 0 Å². The molecule has 0 saturated carbocycles. The summed E-state index contributed by atoms with van der Waals surface area (Å²) in [5.41, 5.74) is 2.40. The van der Waals surface area contributed by atoms with Crippen LogP contribution in [0.15, 0.2) is 68.9 Å². The Labute approximate surface area is 233 Å². The van der Waals surface area contributed by atoms with Crippen molar-refractivity contribution in [3.8, 4) is 0 Å². The van der Waals surface area contributed by atoms with Crippen molar-refractivity contribution in [3.63, 3.8) is 0 Å². The molecular weight excluding hydrogens is 604 g/mol. The molecule has 2 amide bonds. The number of anilines is 1. The van der Waals surface area contributed by atoms with E-state index in [0.717, 1.165) is 31.8 Å². The number of fused-ring (bicyclic) bond motifs is 1. The van der Waals surface area contributed by atoms with Gasteiger partial charge < -0.3 is 19.6 Å². The first-order valence-corrected chi connectivity index (χ1v) is 14.3. The normalized spacial score (nSPS) is 14.2. The number of hydrogen-bond donors (Lipinski definition) is 0. The van der Waals surface area contributed by atoms with E-state index in [1.54, 1.807) is 11.3 Å². The van der Waals surface area contributed by atoms with Gasteiger partial charge in [-0.3, -0.25) is 9.59 Å². The molecule has 1 atom stereocenters. The van der Waals surface area contributed by atoms with Crippen molar-refractivity contribution in [1.82, 2.24) is 14.7 Å². The van der Waals surface area contributed by atoms with Crippen LogP contribution >= 0.6 is 43.2 Å². The average Bonchev–Trinajstić information content (AvgIpc) is 3.26. The summed E-state index contributed by atoms with van der Waals surface area (Å²) in [4.78, 5) is 35.4. The Hall–Kier alpha value is -2.20. The van der Waals surface area contributed by atoms with Crippen LogP contribution < -0.4 is 4.90 Å². The lowest BCUT2D eigenvalue weighted by atomic mass is 10.1. The number of hydrogen-bond acceptors (Lipinski definition) is 5. The average molecular weight is 634 g/mol. The summed E-state index contributed by atoms with van der Waals surface area (Å²) in [5, 5.41) is 0.904. The number of carbonyl (C=O) groups is 2. The lowest BCUT2D eigenvalue weighted by molar-refractivity contribution is 0.0601. The third-order valence-corrected chi connectivity index (χ3v) is 8.43. The zero-order chi connectivity index (χ0) is 25.8. The van der Waals surface area contributed by atoms with Gasteiger partial charge in [-0.15, -0.1) is 11.3 Å². The molecule has 36 heavy (non-hydrogen) atoms. The summed E-state index contributed by atoms with van der Waals surface area (Å²) in [6.45, 7) is 4.34. The van der Waals surface area contributed by atoms with Crippen LogP contribution in [0, 0.1) is 0 Å². The summed E-state index contributed by atoms with van der Waals surface area (Å²) >= 11 is 8.61. The summed E-state index contributed by atoms with van der Waals surface area (Å²) in [6, 6.07) is 19.4. The van der Waals surface area contributed by atoms with Crippen LogP contribution in [0.1, 0.15) is 39.6 Å². The molecule has 2 heterocycles. The second kappa shape index (κ2) is 11.9. The minimum atomic E-state index is -0.211. The van der Waals surface area contributed by atoms with Crippen LogP contribution in [-0.4, -0.2) is 66.5 Å². The number of nitrogens with zero attached hydrogens (tertiary/aromatic N) is 4. The number of carbonyl (C=O) groups excluding carboxylic acids is 2. The molecule has 6 nitrogen and oxygen atoms in total. The Morgan fingerprint density at radius 3 is 2.39 bits per heavy atom. The molecule has 3 aromatic rings. The number of thiophene rings is 1. The molecule has 4 rings (SSSR count). The van der Waals surface area contributed by atoms with Crippen LogP contribution in [-0.2, 0) is 6.54 Å². The van der Waals surface area contributed by atoms with E-state index in [9.17, 15) is 9.59 Å². The smallest absolute Gasteiger partial charge is 0.258 e. The first-order chi connectivity index (χ1) is 17.3. The largest absolute Gasteiger partial charge is 0.324 e. The maximum absolute atomic E-state index is 13.8. The van der Waals surface area contributed by atoms with Crippen molar-refractivity contribution in [2.24, 2.45) is 0 Å². The van der Waals surface area contributed by atoms with E-state index in [0.29, 0.717) is 30.9 Å². The number of amides is 2. The van der Waals surface area contributed by atoms with Crippen molar-refractivity contribution in [3.05, 3.63) is 85.6 Å². The van der Waals surface area contributed by atoms with Crippen LogP contribution in [0.4, 0.5) is 5.00 Å². The number of benzene rings is 2. The Bertz CT molecular complexity index is 1200. The van der Waals surface area contributed by atoms with E-state index in [1.807, 2.05) is 84.6 Å². The van der Waals surface area contributed by atoms with Crippen LogP contribution in [0.2, 0.25) is 0 Å². The van der Waals surface area contributed by atoms with Gasteiger partial charge in [0.05, 0.1) is 16.0 Å². The van der Waals surface area contributed by atoms with Gasteiger partial charge in [-0.05, 0) is 72.3 Å². The molecule has 0 radical (unpaired) electrons. The monoisotopic (exact) mass is 632 g/mol. The highest BCUT2D eigenvalue weighted by molar-refractivity contribution is 9.11. The van der Waals surface area contributed by atoms with Gasteiger partial charge in [-0.25, -0.2) is 0 Å². The quantitative estimate of drug-likeness (QED) is 0.284. The first-order valence-electron chi connectivity index (χ1n) is 11.9. The molecule has 0 aliphatic carbocycles. The summed E-state index contributed by atoms with van der Waals surface area (Å²) in [6.07, 6.45) is 0.509. The third-order valence-electron chi connectivity index (χ3n) is 6.23. The van der Waals surface area contributed by atoms with E-state index in [2.05, 4.69) is 48.6 Å². The number of rotatable bonds is 9. The maximum atomic E-state index is 13.8. The summed E-state index contributed by atoms with van der Waals surface area (Å²) in [7, 11) is 4.03. The Morgan fingerprint density at radius 2 is 1.75 bits per heavy atom. The number of halogens is 2. The Balaban J connectivity index is 1.71. The van der Waals surface area contributed by atoms with Gasteiger partial charge in [0.2, 0.25) is 0 Å². The van der Waals surface area contributed by atoms with E-state index in [4.69, 9.17) is 0 Å². The fourth-order valence-electron chi connectivity index (χ4n) is 4.42. The second-order valence-electron chi connectivity index (χ2n) is 9.07. The molecule has 1 aliphatic heterocycles. The lowest BCUT2D eigenvalue weighted by Crippen LogP contribution is -2.57. The van der Waals surface area contributed by atoms with E-state index < -0.39 is 0 Å². The predicted molar refractivity (Wildman–Crippen MR) is 153 cm³/mol. The molecule has 0 N–H and O–H groups in total. The molecule has 2 aromatic carbocycles. The van der Waals surface area contributed by atoms with Gasteiger partial charge in [0.1, 0.15) is 11.2 Å². The predicted octanol–water partition coefficient (Wildman–Crippen LogP) is 6.13. The summed E-state index contributed by atoms with van der Waals surface area (Å²) in [5.74, 6) is 0.000801. The Kier molecular flexibility index (Phi) is 8.87.